The second kappa shape index (κ2) is 6.77. The topological polar surface area (TPSA) is 127 Å². The first-order chi connectivity index (χ1) is 9.58. The van der Waals surface area contributed by atoms with Crippen LogP contribution in [0.4, 0.5) is 5.13 Å². The predicted molar refractivity (Wildman–Crippen MR) is 81.4 cm³/mol. The third kappa shape index (κ3) is 5.30. The number of nitrogens with one attached hydrogen (secondary N) is 2. The molecule has 0 radical (unpaired) electrons. The van der Waals surface area contributed by atoms with Gasteiger partial charge in [0.25, 0.3) is 10.0 Å². The Morgan fingerprint density at radius 2 is 2.05 bits per heavy atom. The van der Waals surface area contributed by atoms with E-state index >= 15 is 0 Å². The lowest BCUT2D eigenvalue weighted by Crippen LogP contribution is -2.51. The molecule has 0 aromatic carbocycles. The van der Waals surface area contributed by atoms with Crippen LogP contribution < -0.4 is 15.8 Å². The third-order valence-electron chi connectivity index (χ3n) is 2.61. The molecular weight excluding hydrogens is 314 g/mol. The number of carbonyl (C=O) groups excluding carboxylic acids is 1. The summed E-state index contributed by atoms with van der Waals surface area (Å²) in [6.07, 6.45) is 0.597. The van der Waals surface area contributed by atoms with E-state index in [0.717, 1.165) is 11.3 Å². The lowest BCUT2D eigenvalue weighted by molar-refractivity contribution is -0.114. The van der Waals surface area contributed by atoms with Crippen molar-refractivity contribution in [2.75, 3.05) is 11.9 Å². The van der Waals surface area contributed by atoms with E-state index in [1.165, 1.54) is 6.92 Å². The van der Waals surface area contributed by atoms with Gasteiger partial charge in [0.15, 0.2) is 0 Å². The summed E-state index contributed by atoms with van der Waals surface area (Å²) >= 11 is 0.793. The molecule has 1 aromatic heterocycles. The summed E-state index contributed by atoms with van der Waals surface area (Å²) in [5.74, 6) is -0.0553. The molecule has 10 heteroatoms. The second-order valence-corrected chi connectivity index (χ2v) is 8.36. The molecule has 0 saturated carbocycles. The highest BCUT2D eigenvalue weighted by Gasteiger charge is 2.32. The van der Waals surface area contributed by atoms with Crippen LogP contribution in [0.25, 0.3) is 0 Å². The molecule has 0 fully saturated rings. The first-order valence-corrected chi connectivity index (χ1v) is 8.73. The zero-order valence-electron chi connectivity index (χ0n) is 12.5. The number of hydrogen-bond donors (Lipinski definition) is 3. The van der Waals surface area contributed by atoms with Crippen LogP contribution in [0.3, 0.4) is 0 Å². The minimum absolute atomic E-state index is 0.140. The van der Waals surface area contributed by atoms with Crippen LogP contribution in [-0.4, -0.2) is 36.6 Å². The van der Waals surface area contributed by atoms with Gasteiger partial charge in [0, 0.05) is 19.0 Å². The van der Waals surface area contributed by atoms with Crippen LogP contribution in [0.15, 0.2) is 4.34 Å². The SMILES string of the molecule is CC(=O)Nc1nnc(S(=O)(=O)NC(C)(CN)CC(C)C)s1. The molecule has 21 heavy (non-hydrogen) atoms. The molecule has 0 bridgehead atoms. The number of carbonyl (C=O) groups is 1. The maximum atomic E-state index is 12.3. The molecule has 8 nitrogen and oxygen atoms in total. The van der Waals surface area contributed by atoms with Crippen LogP contribution in [-0.2, 0) is 14.8 Å². The fourth-order valence-electron chi connectivity index (χ4n) is 1.96. The van der Waals surface area contributed by atoms with Crippen molar-refractivity contribution < 1.29 is 13.2 Å². The predicted octanol–water partition coefficient (Wildman–Crippen LogP) is 0.538. The Labute approximate surface area is 128 Å². The van der Waals surface area contributed by atoms with Crippen molar-refractivity contribution in [3.05, 3.63) is 0 Å². The molecular formula is C11H21N5O3S2. The Balaban J connectivity index is 2.94. The molecule has 1 amide bonds. The largest absolute Gasteiger partial charge is 0.329 e. The molecule has 1 atom stereocenters. The zero-order chi connectivity index (χ0) is 16.3. The van der Waals surface area contributed by atoms with Crippen molar-refractivity contribution in [2.45, 2.75) is 44.0 Å². The smallest absolute Gasteiger partial charge is 0.270 e. The number of amides is 1. The fourth-order valence-corrected chi connectivity index (χ4v) is 4.33. The van der Waals surface area contributed by atoms with Crippen LogP contribution in [0, 0.1) is 5.92 Å². The van der Waals surface area contributed by atoms with Gasteiger partial charge in [-0.2, -0.15) is 0 Å². The van der Waals surface area contributed by atoms with Gasteiger partial charge in [0.05, 0.1) is 0 Å². The van der Waals surface area contributed by atoms with Crippen molar-refractivity contribution in [2.24, 2.45) is 11.7 Å². The van der Waals surface area contributed by atoms with Crippen molar-refractivity contribution in [3.63, 3.8) is 0 Å². The third-order valence-corrected chi connectivity index (χ3v) is 5.45. The van der Waals surface area contributed by atoms with Gasteiger partial charge in [0.2, 0.25) is 15.4 Å². The summed E-state index contributed by atoms with van der Waals surface area (Å²) < 4.78 is 27.0. The second-order valence-electron chi connectivity index (χ2n) is 5.52. The lowest BCUT2D eigenvalue weighted by Gasteiger charge is -2.30. The molecule has 1 unspecified atom stereocenters. The molecule has 4 N–H and O–H groups in total. The highest BCUT2D eigenvalue weighted by Crippen LogP contribution is 2.23. The van der Waals surface area contributed by atoms with Crippen LogP contribution in [0.5, 0.6) is 0 Å². The average Bonchev–Trinajstić information content (AvgIpc) is 2.75. The Hall–Kier alpha value is -1.10. The van der Waals surface area contributed by atoms with Crippen LogP contribution >= 0.6 is 11.3 Å². The maximum absolute atomic E-state index is 12.3. The molecule has 1 heterocycles. The molecule has 0 saturated heterocycles. The fraction of sp³-hybridized carbons (Fsp3) is 0.727. The number of anilines is 1. The van der Waals surface area contributed by atoms with Gasteiger partial charge in [-0.25, -0.2) is 13.1 Å². The van der Waals surface area contributed by atoms with Crippen molar-refractivity contribution in [1.29, 1.82) is 0 Å². The van der Waals surface area contributed by atoms with E-state index in [1.807, 2.05) is 13.8 Å². The molecule has 1 rings (SSSR count). The zero-order valence-corrected chi connectivity index (χ0v) is 14.1. The average molecular weight is 335 g/mol. The standard InChI is InChI=1S/C11H21N5O3S2/c1-7(2)5-11(4,6-12)16-21(18,19)10-15-14-9(20-10)13-8(3)17/h7,16H,5-6,12H2,1-4H3,(H,13,14,17). The molecule has 0 spiro atoms. The molecule has 120 valence electrons. The molecule has 1 aromatic rings. The van der Waals surface area contributed by atoms with Gasteiger partial charge in [-0.3, -0.25) is 4.79 Å². The first-order valence-electron chi connectivity index (χ1n) is 6.43. The van der Waals surface area contributed by atoms with Gasteiger partial charge >= 0.3 is 0 Å². The van der Waals surface area contributed by atoms with E-state index in [2.05, 4.69) is 20.2 Å². The van der Waals surface area contributed by atoms with Crippen LogP contribution in [0.2, 0.25) is 0 Å². The Kier molecular flexibility index (Phi) is 5.79. The number of nitrogens with zero attached hydrogens (tertiary/aromatic N) is 2. The summed E-state index contributed by atoms with van der Waals surface area (Å²) in [5.41, 5.74) is 4.94. The number of hydrogen-bond acceptors (Lipinski definition) is 7. The van der Waals surface area contributed by atoms with Crippen molar-refractivity contribution in [1.82, 2.24) is 14.9 Å². The minimum Gasteiger partial charge on any atom is -0.329 e. The molecule has 0 aliphatic rings. The van der Waals surface area contributed by atoms with E-state index in [1.54, 1.807) is 6.92 Å². The number of sulfonamides is 1. The Morgan fingerprint density at radius 1 is 1.43 bits per heavy atom. The molecule has 0 aliphatic heterocycles. The Morgan fingerprint density at radius 3 is 2.52 bits per heavy atom. The molecule has 0 aliphatic carbocycles. The number of rotatable bonds is 7. The van der Waals surface area contributed by atoms with E-state index in [9.17, 15) is 13.2 Å². The highest BCUT2D eigenvalue weighted by atomic mass is 32.2. The van der Waals surface area contributed by atoms with E-state index < -0.39 is 15.6 Å². The normalized spacial score (nSPS) is 15.0. The quantitative estimate of drug-likeness (QED) is 0.624. The summed E-state index contributed by atoms with van der Waals surface area (Å²) in [6, 6.07) is 0. The minimum atomic E-state index is -3.83. The van der Waals surface area contributed by atoms with Gasteiger partial charge in [-0.05, 0) is 19.3 Å². The lowest BCUT2D eigenvalue weighted by atomic mass is 9.92. The van der Waals surface area contributed by atoms with Crippen LogP contribution in [0.1, 0.15) is 34.1 Å². The van der Waals surface area contributed by atoms with Gasteiger partial charge in [-0.1, -0.05) is 25.2 Å². The van der Waals surface area contributed by atoms with Crippen molar-refractivity contribution in [3.8, 4) is 0 Å². The number of nitrogens with two attached hydrogens (primary N) is 1. The van der Waals surface area contributed by atoms with E-state index in [0.29, 0.717) is 6.42 Å². The van der Waals surface area contributed by atoms with Gasteiger partial charge < -0.3 is 11.1 Å². The summed E-state index contributed by atoms with van der Waals surface area (Å²) in [5, 5.41) is 9.76. The Bertz CT molecular complexity index is 599. The van der Waals surface area contributed by atoms with Gasteiger partial charge in [-0.15, -0.1) is 10.2 Å². The summed E-state index contributed by atoms with van der Waals surface area (Å²) in [4.78, 5) is 10.9. The van der Waals surface area contributed by atoms with Crippen molar-refractivity contribution >= 4 is 32.4 Å². The first kappa shape index (κ1) is 18.0. The maximum Gasteiger partial charge on any atom is 0.270 e. The van der Waals surface area contributed by atoms with Gasteiger partial charge in [0.1, 0.15) is 0 Å². The number of aromatic nitrogens is 2. The summed E-state index contributed by atoms with van der Waals surface area (Å²) in [6.45, 7) is 7.20. The summed E-state index contributed by atoms with van der Waals surface area (Å²) in [7, 11) is -3.83. The highest BCUT2D eigenvalue weighted by molar-refractivity contribution is 7.91. The van der Waals surface area contributed by atoms with E-state index in [-0.39, 0.29) is 27.8 Å². The monoisotopic (exact) mass is 335 g/mol. The van der Waals surface area contributed by atoms with E-state index in [4.69, 9.17) is 5.73 Å².